The van der Waals surface area contributed by atoms with Gasteiger partial charge in [-0.1, -0.05) is 0 Å². The van der Waals surface area contributed by atoms with Gasteiger partial charge in [-0.05, 0) is 67.1 Å². The Balaban J connectivity index is 1.02. The number of hydrogen-bond acceptors (Lipinski definition) is 6. The number of hydrogen-bond donors (Lipinski definition) is 1. The highest BCUT2D eigenvalue weighted by Gasteiger charge is 2.31. The molecule has 1 atom stereocenters. The fourth-order valence-electron chi connectivity index (χ4n) is 5.49. The first-order valence-electron chi connectivity index (χ1n) is 13.9. The summed E-state index contributed by atoms with van der Waals surface area (Å²) in [6.45, 7) is 2.31. The number of aromatic nitrogens is 1. The number of nitrogens with zero attached hydrogens (tertiary/aromatic N) is 3. The van der Waals surface area contributed by atoms with Gasteiger partial charge in [-0.2, -0.15) is 13.2 Å². The van der Waals surface area contributed by atoms with E-state index >= 15 is 0 Å². The number of amides is 2. The molecule has 0 spiro atoms. The smallest absolute Gasteiger partial charge is 0.416 e. The van der Waals surface area contributed by atoms with Crippen LogP contribution in [0, 0.1) is 0 Å². The summed E-state index contributed by atoms with van der Waals surface area (Å²) in [5, 5.41) is 3.71. The molecule has 6 rings (SSSR count). The summed E-state index contributed by atoms with van der Waals surface area (Å²) >= 11 is 0. The summed E-state index contributed by atoms with van der Waals surface area (Å²) in [4.78, 5) is 33.3. The lowest BCUT2D eigenvalue weighted by molar-refractivity contribution is -0.137. The Morgan fingerprint density at radius 1 is 0.929 bits per heavy atom. The van der Waals surface area contributed by atoms with Crippen molar-refractivity contribution < 1.29 is 31.9 Å². The maximum absolute atomic E-state index is 12.9. The largest absolute Gasteiger partial charge is 0.490 e. The van der Waals surface area contributed by atoms with E-state index in [1.165, 1.54) is 12.1 Å². The van der Waals surface area contributed by atoms with E-state index in [0.717, 1.165) is 36.0 Å². The number of pyridine rings is 1. The molecule has 4 heterocycles. The lowest BCUT2D eigenvalue weighted by Crippen LogP contribution is -2.38. The van der Waals surface area contributed by atoms with E-state index < -0.39 is 11.7 Å². The average Bonchev–Trinajstić information content (AvgIpc) is 3.64. The molecular formula is C31H29F3N4O4. The number of likely N-dealkylation sites (tertiary alicyclic amines) is 1. The number of piperidine rings is 1. The van der Waals surface area contributed by atoms with Crippen LogP contribution in [0.1, 0.15) is 45.7 Å². The van der Waals surface area contributed by atoms with Crippen LogP contribution in [-0.4, -0.2) is 60.0 Å². The van der Waals surface area contributed by atoms with Gasteiger partial charge in [0.2, 0.25) is 0 Å². The third-order valence-corrected chi connectivity index (χ3v) is 7.75. The number of furan rings is 1. The van der Waals surface area contributed by atoms with E-state index in [1.54, 1.807) is 47.6 Å². The number of anilines is 1. The van der Waals surface area contributed by atoms with Gasteiger partial charge in [-0.3, -0.25) is 14.6 Å². The van der Waals surface area contributed by atoms with E-state index in [4.69, 9.17) is 9.15 Å². The molecule has 2 aromatic heterocycles. The Kier molecular flexibility index (Phi) is 7.49. The molecule has 0 bridgehead atoms. The minimum Gasteiger partial charge on any atom is -0.490 e. The molecule has 2 aromatic carbocycles. The molecule has 2 amide bonds. The summed E-state index contributed by atoms with van der Waals surface area (Å²) in [6.07, 6.45) is 0.869. The number of halogens is 3. The molecule has 0 saturated carbocycles. The molecule has 11 heteroatoms. The fraction of sp³-hybridized carbons (Fsp3) is 0.323. The predicted molar refractivity (Wildman–Crippen MR) is 150 cm³/mol. The maximum Gasteiger partial charge on any atom is 0.416 e. The van der Waals surface area contributed by atoms with E-state index in [-0.39, 0.29) is 29.7 Å². The zero-order valence-electron chi connectivity index (χ0n) is 22.6. The van der Waals surface area contributed by atoms with Crippen molar-refractivity contribution in [1.29, 1.82) is 0 Å². The fourth-order valence-corrected chi connectivity index (χ4v) is 5.49. The van der Waals surface area contributed by atoms with Crippen LogP contribution in [0.25, 0.3) is 11.0 Å². The SMILES string of the molecule is O=C(N[C@@H]1CCN(C(=O)c2ccncc2)C1)c1cc2cc(OC3CCN(c4ccc(C(F)(F)F)cc4)CC3)ccc2o1. The lowest BCUT2D eigenvalue weighted by Gasteiger charge is -2.33. The van der Waals surface area contributed by atoms with Gasteiger partial charge >= 0.3 is 6.18 Å². The summed E-state index contributed by atoms with van der Waals surface area (Å²) in [5.74, 6) is 0.415. The molecule has 2 fully saturated rings. The van der Waals surface area contributed by atoms with Crippen LogP contribution >= 0.6 is 0 Å². The molecule has 0 unspecified atom stereocenters. The van der Waals surface area contributed by atoms with Gasteiger partial charge in [-0.25, -0.2) is 0 Å². The highest BCUT2D eigenvalue weighted by molar-refractivity contribution is 5.97. The minimum atomic E-state index is -4.35. The van der Waals surface area contributed by atoms with Crippen LogP contribution in [0.2, 0.25) is 0 Å². The first-order valence-corrected chi connectivity index (χ1v) is 13.9. The van der Waals surface area contributed by atoms with Crippen LogP contribution in [0.3, 0.4) is 0 Å². The second-order valence-electron chi connectivity index (χ2n) is 10.6. The van der Waals surface area contributed by atoms with Gasteiger partial charge in [0.05, 0.1) is 5.56 Å². The van der Waals surface area contributed by atoms with Gasteiger partial charge in [-0.15, -0.1) is 0 Å². The highest BCUT2D eigenvalue weighted by atomic mass is 19.4. The standard InChI is InChI=1S/C31H29F3N4O4/c32-31(33,34)22-1-3-24(4-2-22)37-15-10-25(11-16-37)41-26-5-6-27-21(17-26)18-28(42-27)29(39)36-23-9-14-38(19-23)30(40)20-7-12-35-13-8-20/h1-8,12-13,17-18,23,25H,9-11,14-16,19H2,(H,36,39)/t23-/m1/s1. The lowest BCUT2D eigenvalue weighted by atomic mass is 10.1. The first-order chi connectivity index (χ1) is 20.2. The van der Waals surface area contributed by atoms with E-state index in [0.29, 0.717) is 49.5 Å². The zero-order chi connectivity index (χ0) is 29.3. The van der Waals surface area contributed by atoms with Crippen molar-refractivity contribution >= 4 is 28.5 Å². The number of carbonyl (C=O) groups is 2. The van der Waals surface area contributed by atoms with Crippen molar-refractivity contribution in [2.24, 2.45) is 0 Å². The summed E-state index contributed by atoms with van der Waals surface area (Å²) < 4.78 is 50.6. The minimum absolute atomic E-state index is 0.0389. The van der Waals surface area contributed by atoms with E-state index in [2.05, 4.69) is 15.2 Å². The second kappa shape index (κ2) is 11.4. The number of rotatable bonds is 6. The Morgan fingerprint density at radius 3 is 2.38 bits per heavy atom. The third-order valence-electron chi connectivity index (χ3n) is 7.75. The van der Waals surface area contributed by atoms with Crippen LogP contribution in [0.5, 0.6) is 5.75 Å². The van der Waals surface area contributed by atoms with Crippen LogP contribution in [0.15, 0.2) is 77.5 Å². The van der Waals surface area contributed by atoms with Gasteiger partial charge in [0, 0.05) is 74.1 Å². The zero-order valence-corrected chi connectivity index (χ0v) is 22.6. The first kappa shape index (κ1) is 27.6. The number of nitrogens with one attached hydrogen (secondary N) is 1. The molecule has 0 radical (unpaired) electrons. The number of benzene rings is 2. The quantitative estimate of drug-likeness (QED) is 0.323. The van der Waals surface area contributed by atoms with Crippen molar-refractivity contribution in [2.75, 3.05) is 31.1 Å². The molecule has 2 aliphatic heterocycles. The normalized spacial score (nSPS) is 17.9. The van der Waals surface area contributed by atoms with Crippen molar-refractivity contribution in [2.45, 2.75) is 37.6 Å². The summed E-state index contributed by atoms with van der Waals surface area (Å²) in [7, 11) is 0. The number of carbonyl (C=O) groups excluding carboxylic acids is 2. The number of alkyl halides is 3. The summed E-state index contributed by atoms with van der Waals surface area (Å²) in [6, 6.07) is 15.5. The van der Waals surface area contributed by atoms with Gasteiger partial charge < -0.3 is 24.3 Å². The Bertz CT molecular complexity index is 1560. The van der Waals surface area contributed by atoms with Gasteiger partial charge in [0.25, 0.3) is 11.8 Å². The molecule has 0 aliphatic carbocycles. The summed E-state index contributed by atoms with van der Waals surface area (Å²) in [5.41, 5.74) is 1.23. The molecule has 2 saturated heterocycles. The van der Waals surface area contributed by atoms with Crippen molar-refractivity contribution in [3.8, 4) is 5.75 Å². The predicted octanol–water partition coefficient (Wildman–Crippen LogP) is 5.54. The molecule has 8 nitrogen and oxygen atoms in total. The second-order valence-corrected chi connectivity index (χ2v) is 10.6. The topological polar surface area (TPSA) is 87.9 Å². The van der Waals surface area contributed by atoms with Crippen LogP contribution in [-0.2, 0) is 6.18 Å². The van der Waals surface area contributed by atoms with E-state index in [9.17, 15) is 22.8 Å². The molecule has 2 aliphatic rings. The molecule has 1 N–H and O–H groups in total. The van der Waals surface area contributed by atoms with Gasteiger partial charge in [0.1, 0.15) is 17.4 Å². The Hall–Kier alpha value is -4.54. The number of fused-ring (bicyclic) bond motifs is 1. The maximum atomic E-state index is 12.9. The van der Waals surface area contributed by atoms with Crippen molar-refractivity contribution in [3.63, 3.8) is 0 Å². The Labute approximate surface area is 240 Å². The Morgan fingerprint density at radius 2 is 1.67 bits per heavy atom. The van der Waals surface area contributed by atoms with Crippen LogP contribution in [0.4, 0.5) is 18.9 Å². The average molecular weight is 579 g/mol. The van der Waals surface area contributed by atoms with Crippen molar-refractivity contribution in [1.82, 2.24) is 15.2 Å². The number of ether oxygens (including phenoxy) is 1. The van der Waals surface area contributed by atoms with Gasteiger partial charge in [0.15, 0.2) is 5.76 Å². The molecule has 218 valence electrons. The van der Waals surface area contributed by atoms with Crippen molar-refractivity contribution in [3.05, 3.63) is 89.9 Å². The van der Waals surface area contributed by atoms with Crippen LogP contribution < -0.4 is 15.0 Å². The third kappa shape index (κ3) is 6.05. The molecule has 4 aromatic rings. The molecular weight excluding hydrogens is 549 g/mol. The monoisotopic (exact) mass is 578 g/mol. The highest BCUT2D eigenvalue weighted by Crippen LogP contribution is 2.32. The van der Waals surface area contributed by atoms with E-state index in [1.807, 2.05) is 6.07 Å². The molecule has 42 heavy (non-hydrogen) atoms.